The Labute approximate surface area is 97.4 Å². The summed E-state index contributed by atoms with van der Waals surface area (Å²) < 4.78 is 0. The number of carbonyl (C=O) groups is 1. The molecule has 1 atom stereocenters. The molecule has 0 spiro atoms. The fraction of sp³-hybridized carbons (Fsp3) is 0.400. The molecule has 1 aliphatic rings. The highest BCUT2D eigenvalue weighted by Crippen LogP contribution is 2.12. The van der Waals surface area contributed by atoms with Crippen molar-refractivity contribution >= 4 is 17.4 Å². The van der Waals surface area contributed by atoms with E-state index in [2.05, 4.69) is 15.6 Å². The molecule has 2 rings (SSSR count). The van der Waals surface area contributed by atoms with Gasteiger partial charge in [0.05, 0.1) is 5.69 Å². The number of rotatable bonds is 4. The van der Waals surface area contributed by atoms with Gasteiger partial charge < -0.3 is 20.7 Å². The van der Waals surface area contributed by atoms with Gasteiger partial charge in [-0.05, 0) is 22.4 Å². The Bertz CT molecular complexity index is 432. The molecule has 7 heteroatoms. The van der Waals surface area contributed by atoms with Crippen molar-refractivity contribution in [3.8, 4) is 0 Å². The van der Waals surface area contributed by atoms with E-state index in [1.54, 1.807) is 6.07 Å². The predicted octanol–water partition coefficient (Wildman–Crippen LogP) is 0.680. The number of carbonyl (C=O) groups excluding carboxylic acids is 1. The first-order chi connectivity index (χ1) is 8.15. The molecule has 1 fully saturated rings. The summed E-state index contributed by atoms with van der Waals surface area (Å²) in [5.74, 6) is -0.108. The van der Waals surface area contributed by atoms with Crippen LogP contribution in [-0.4, -0.2) is 28.4 Å². The molecule has 1 amide bonds. The van der Waals surface area contributed by atoms with Crippen LogP contribution in [0.25, 0.3) is 0 Å². The van der Waals surface area contributed by atoms with Crippen LogP contribution in [0.4, 0.5) is 11.5 Å². The van der Waals surface area contributed by atoms with Crippen molar-refractivity contribution in [3.63, 3.8) is 0 Å². The molecular weight excluding hydrogens is 224 g/mol. The summed E-state index contributed by atoms with van der Waals surface area (Å²) in [6.07, 6.45) is 2.78. The van der Waals surface area contributed by atoms with Gasteiger partial charge in [0, 0.05) is 25.1 Å². The van der Waals surface area contributed by atoms with Gasteiger partial charge in [-0.3, -0.25) is 4.79 Å². The molecule has 2 N–H and O–H groups in total. The molecule has 1 unspecified atom stereocenters. The number of anilines is 1. The first-order valence-electron chi connectivity index (χ1n) is 5.29. The maximum absolute atomic E-state index is 11.0. The molecule has 0 aliphatic carbocycles. The summed E-state index contributed by atoms with van der Waals surface area (Å²) in [7, 11) is 0. The Morgan fingerprint density at radius 1 is 1.59 bits per heavy atom. The molecule has 1 aromatic rings. The van der Waals surface area contributed by atoms with Gasteiger partial charge in [-0.25, -0.2) is 0 Å². The van der Waals surface area contributed by atoms with Crippen LogP contribution in [0.5, 0.6) is 0 Å². The summed E-state index contributed by atoms with van der Waals surface area (Å²) in [6, 6.07) is 3.06. The molecule has 0 radical (unpaired) electrons. The lowest BCUT2D eigenvalue weighted by Gasteiger charge is -2.11. The molecule has 1 aliphatic heterocycles. The molecule has 1 saturated heterocycles. The zero-order valence-electron chi connectivity index (χ0n) is 9.05. The number of nitrogens with one attached hydrogen (secondary N) is 2. The first kappa shape index (κ1) is 11.3. The van der Waals surface area contributed by atoms with Crippen LogP contribution in [0.1, 0.15) is 12.8 Å². The van der Waals surface area contributed by atoms with Crippen LogP contribution in [-0.2, 0) is 4.79 Å². The Morgan fingerprint density at radius 3 is 2.94 bits per heavy atom. The molecule has 0 aromatic carbocycles. The Kier molecular flexibility index (Phi) is 3.17. The third kappa shape index (κ3) is 2.90. The number of nitrogens with zero attached hydrogens (tertiary/aromatic N) is 2. The summed E-state index contributed by atoms with van der Waals surface area (Å²) in [5, 5.41) is 16.3. The third-order valence-electron chi connectivity index (χ3n) is 2.57. The van der Waals surface area contributed by atoms with E-state index in [1.165, 1.54) is 12.3 Å². The number of hydrogen-bond acceptors (Lipinski definition) is 5. The minimum Gasteiger partial charge on any atom is -0.380 e. The third-order valence-corrected chi connectivity index (χ3v) is 2.57. The highest BCUT2D eigenvalue weighted by atomic mass is 16.6. The van der Waals surface area contributed by atoms with Gasteiger partial charge in [0.2, 0.25) is 5.91 Å². The lowest BCUT2D eigenvalue weighted by molar-refractivity contribution is -0.389. The van der Waals surface area contributed by atoms with E-state index < -0.39 is 4.92 Å². The lowest BCUT2D eigenvalue weighted by atomic mass is 10.2. The smallest absolute Gasteiger partial charge is 0.363 e. The molecule has 2 heterocycles. The largest absolute Gasteiger partial charge is 0.380 e. The highest BCUT2D eigenvalue weighted by molar-refractivity contribution is 5.78. The van der Waals surface area contributed by atoms with Gasteiger partial charge in [-0.2, -0.15) is 0 Å². The fourth-order valence-corrected chi connectivity index (χ4v) is 1.67. The molecular formula is C10H12N4O3. The minimum absolute atomic E-state index is 0.0682. The van der Waals surface area contributed by atoms with Crippen LogP contribution in [0.3, 0.4) is 0 Å². The molecule has 0 bridgehead atoms. The SMILES string of the molecule is O=C1CCC(CNc2ccc([N+](=O)[O-])nc2)N1. The Morgan fingerprint density at radius 2 is 2.41 bits per heavy atom. The van der Waals surface area contributed by atoms with Gasteiger partial charge in [0.25, 0.3) is 0 Å². The van der Waals surface area contributed by atoms with Crippen LogP contribution in [0.2, 0.25) is 0 Å². The van der Waals surface area contributed by atoms with Crippen molar-refractivity contribution < 1.29 is 9.72 Å². The lowest BCUT2D eigenvalue weighted by Crippen LogP contribution is -2.31. The molecule has 7 nitrogen and oxygen atoms in total. The molecule has 1 aromatic heterocycles. The molecule has 17 heavy (non-hydrogen) atoms. The van der Waals surface area contributed by atoms with E-state index in [0.717, 1.165) is 6.42 Å². The second-order valence-electron chi connectivity index (χ2n) is 3.85. The van der Waals surface area contributed by atoms with Gasteiger partial charge >= 0.3 is 5.82 Å². The topological polar surface area (TPSA) is 97.2 Å². The summed E-state index contributed by atoms with van der Waals surface area (Å²) in [4.78, 5) is 24.5. The second kappa shape index (κ2) is 4.77. The fourth-order valence-electron chi connectivity index (χ4n) is 1.67. The van der Waals surface area contributed by atoms with E-state index in [9.17, 15) is 14.9 Å². The highest BCUT2D eigenvalue weighted by Gasteiger charge is 2.20. The van der Waals surface area contributed by atoms with Crippen LogP contribution < -0.4 is 10.6 Å². The zero-order valence-corrected chi connectivity index (χ0v) is 9.05. The van der Waals surface area contributed by atoms with E-state index in [0.29, 0.717) is 18.7 Å². The van der Waals surface area contributed by atoms with Crippen LogP contribution in [0.15, 0.2) is 18.3 Å². The van der Waals surface area contributed by atoms with E-state index in [1.807, 2.05) is 0 Å². The average molecular weight is 236 g/mol. The van der Waals surface area contributed by atoms with Crippen LogP contribution >= 0.6 is 0 Å². The van der Waals surface area contributed by atoms with Gasteiger partial charge in [0.1, 0.15) is 0 Å². The average Bonchev–Trinajstić information content (AvgIpc) is 2.73. The number of amides is 1. The van der Waals surface area contributed by atoms with E-state index >= 15 is 0 Å². The summed E-state index contributed by atoms with van der Waals surface area (Å²) in [6.45, 7) is 0.602. The maximum atomic E-state index is 11.0. The van der Waals surface area contributed by atoms with Crippen molar-refractivity contribution in [2.45, 2.75) is 18.9 Å². The minimum atomic E-state index is -0.541. The van der Waals surface area contributed by atoms with Crippen molar-refractivity contribution in [2.24, 2.45) is 0 Å². The zero-order chi connectivity index (χ0) is 12.3. The monoisotopic (exact) mass is 236 g/mol. The summed E-state index contributed by atoms with van der Waals surface area (Å²) in [5.41, 5.74) is 0.705. The second-order valence-corrected chi connectivity index (χ2v) is 3.85. The quantitative estimate of drug-likeness (QED) is 0.591. The first-order valence-corrected chi connectivity index (χ1v) is 5.29. The maximum Gasteiger partial charge on any atom is 0.363 e. The van der Waals surface area contributed by atoms with Gasteiger partial charge in [-0.1, -0.05) is 0 Å². The Hall–Kier alpha value is -2.18. The predicted molar refractivity (Wildman–Crippen MR) is 60.5 cm³/mol. The van der Waals surface area contributed by atoms with Crippen molar-refractivity contribution in [2.75, 3.05) is 11.9 Å². The number of aromatic nitrogens is 1. The van der Waals surface area contributed by atoms with Crippen molar-refractivity contribution in [3.05, 3.63) is 28.4 Å². The van der Waals surface area contributed by atoms with Crippen LogP contribution in [0, 0.1) is 10.1 Å². The van der Waals surface area contributed by atoms with Gasteiger partial charge in [0.15, 0.2) is 6.20 Å². The summed E-state index contributed by atoms with van der Waals surface area (Å²) >= 11 is 0. The standard InChI is InChI=1S/C10H12N4O3/c15-10-4-2-8(13-10)6-11-7-1-3-9(12-5-7)14(16)17/h1,3,5,8,11H,2,4,6H2,(H,13,15). The van der Waals surface area contributed by atoms with Crippen molar-refractivity contribution in [1.29, 1.82) is 0 Å². The normalized spacial score (nSPS) is 18.8. The number of hydrogen-bond donors (Lipinski definition) is 2. The van der Waals surface area contributed by atoms with Gasteiger partial charge in [-0.15, -0.1) is 0 Å². The molecule has 90 valence electrons. The number of nitro groups is 1. The van der Waals surface area contributed by atoms with E-state index in [-0.39, 0.29) is 17.8 Å². The van der Waals surface area contributed by atoms with Crippen molar-refractivity contribution in [1.82, 2.24) is 10.3 Å². The molecule has 0 saturated carbocycles. The van der Waals surface area contributed by atoms with E-state index in [4.69, 9.17) is 0 Å². The number of pyridine rings is 1. The Balaban J connectivity index is 1.87.